The van der Waals surface area contributed by atoms with Crippen LogP contribution in [0.5, 0.6) is 0 Å². The van der Waals surface area contributed by atoms with E-state index in [1.807, 2.05) is 0 Å². The molecule has 18 heavy (non-hydrogen) atoms. The standard InChI is InChI=1S/C13H11NO4/c1-8(15)11-7-13(18-9(11)2)10-5-3-4-6-12(10)14(16)17/h3-7H,1-2H3. The summed E-state index contributed by atoms with van der Waals surface area (Å²) in [5, 5.41) is 10.9. The second-order valence-corrected chi connectivity index (χ2v) is 3.91. The lowest BCUT2D eigenvalue weighted by molar-refractivity contribution is -0.384. The molecule has 1 aromatic heterocycles. The topological polar surface area (TPSA) is 73.3 Å². The van der Waals surface area contributed by atoms with Gasteiger partial charge in [-0.05, 0) is 26.0 Å². The molecule has 0 spiro atoms. The van der Waals surface area contributed by atoms with Gasteiger partial charge in [-0.1, -0.05) is 12.1 Å². The van der Waals surface area contributed by atoms with Crippen molar-refractivity contribution >= 4 is 11.5 Å². The molecule has 0 N–H and O–H groups in total. The zero-order valence-corrected chi connectivity index (χ0v) is 9.97. The summed E-state index contributed by atoms with van der Waals surface area (Å²) in [5.74, 6) is 0.682. The maximum absolute atomic E-state index is 11.3. The van der Waals surface area contributed by atoms with Crippen LogP contribution in [0.3, 0.4) is 0 Å². The molecule has 2 aromatic rings. The monoisotopic (exact) mass is 245 g/mol. The van der Waals surface area contributed by atoms with Crippen LogP contribution in [0.2, 0.25) is 0 Å². The molecule has 92 valence electrons. The van der Waals surface area contributed by atoms with Gasteiger partial charge in [0, 0.05) is 6.07 Å². The Morgan fingerprint density at radius 1 is 1.33 bits per heavy atom. The third-order valence-corrected chi connectivity index (χ3v) is 2.66. The minimum Gasteiger partial charge on any atom is -0.460 e. The molecule has 0 aliphatic carbocycles. The van der Waals surface area contributed by atoms with E-state index < -0.39 is 4.92 Å². The Hall–Kier alpha value is -2.43. The van der Waals surface area contributed by atoms with E-state index in [-0.39, 0.29) is 11.5 Å². The van der Waals surface area contributed by atoms with Crippen LogP contribution in [0.1, 0.15) is 23.0 Å². The number of rotatable bonds is 3. The highest BCUT2D eigenvalue weighted by molar-refractivity contribution is 5.96. The number of nitro benzene ring substituents is 1. The summed E-state index contributed by atoms with van der Waals surface area (Å²) in [5.41, 5.74) is 0.780. The summed E-state index contributed by atoms with van der Waals surface area (Å²) < 4.78 is 5.43. The van der Waals surface area contributed by atoms with Crippen LogP contribution in [0.15, 0.2) is 34.7 Å². The van der Waals surface area contributed by atoms with E-state index in [0.717, 1.165) is 0 Å². The molecule has 1 heterocycles. The number of hydrogen-bond donors (Lipinski definition) is 0. The number of para-hydroxylation sites is 1. The molecule has 2 rings (SSSR count). The lowest BCUT2D eigenvalue weighted by Crippen LogP contribution is -1.91. The van der Waals surface area contributed by atoms with Crippen molar-refractivity contribution in [2.45, 2.75) is 13.8 Å². The van der Waals surface area contributed by atoms with Gasteiger partial charge in [0.05, 0.1) is 16.1 Å². The number of ketones is 1. The molecule has 5 heteroatoms. The number of furan rings is 1. The van der Waals surface area contributed by atoms with Gasteiger partial charge in [0.25, 0.3) is 5.69 Å². The minimum absolute atomic E-state index is 0.0404. The van der Waals surface area contributed by atoms with Crippen LogP contribution in [-0.2, 0) is 0 Å². The van der Waals surface area contributed by atoms with Crippen molar-refractivity contribution in [1.82, 2.24) is 0 Å². The van der Waals surface area contributed by atoms with Crippen LogP contribution < -0.4 is 0 Å². The summed E-state index contributed by atoms with van der Waals surface area (Å²) in [6, 6.07) is 7.82. The van der Waals surface area contributed by atoms with Gasteiger partial charge in [-0.3, -0.25) is 14.9 Å². The highest BCUT2D eigenvalue weighted by Crippen LogP contribution is 2.32. The number of hydrogen-bond acceptors (Lipinski definition) is 4. The third-order valence-electron chi connectivity index (χ3n) is 2.66. The Bertz CT molecular complexity index is 628. The van der Waals surface area contributed by atoms with E-state index in [9.17, 15) is 14.9 Å². The smallest absolute Gasteiger partial charge is 0.280 e. The highest BCUT2D eigenvalue weighted by atomic mass is 16.6. The average Bonchev–Trinajstić information content (AvgIpc) is 2.71. The Kier molecular flexibility index (Phi) is 2.97. The van der Waals surface area contributed by atoms with Crippen molar-refractivity contribution in [1.29, 1.82) is 0 Å². The van der Waals surface area contributed by atoms with E-state index in [0.29, 0.717) is 22.6 Å². The number of nitro groups is 1. The largest absolute Gasteiger partial charge is 0.460 e. The van der Waals surface area contributed by atoms with Gasteiger partial charge in [0.2, 0.25) is 0 Å². The number of carbonyl (C=O) groups is 1. The van der Waals surface area contributed by atoms with Crippen molar-refractivity contribution in [2.75, 3.05) is 0 Å². The first-order valence-electron chi connectivity index (χ1n) is 5.36. The predicted molar refractivity (Wildman–Crippen MR) is 65.5 cm³/mol. The van der Waals surface area contributed by atoms with Crippen molar-refractivity contribution in [3.8, 4) is 11.3 Å². The molecule has 0 atom stereocenters. The maximum atomic E-state index is 11.3. The van der Waals surface area contributed by atoms with E-state index in [1.54, 1.807) is 31.2 Å². The summed E-state index contributed by atoms with van der Waals surface area (Å²) >= 11 is 0. The number of nitrogens with zero attached hydrogens (tertiary/aromatic N) is 1. The number of Topliss-reactive ketones (excluding diaryl/α,β-unsaturated/α-hetero) is 1. The van der Waals surface area contributed by atoms with Crippen molar-refractivity contribution in [3.63, 3.8) is 0 Å². The fourth-order valence-electron chi connectivity index (χ4n) is 1.81. The summed E-state index contributed by atoms with van der Waals surface area (Å²) in [6.07, 6.45) is 0. The molecular formula is C13H11NO4. The molecule has 0 aliphatic rings. The Morgan fingerprint density at radius 3 is 2.56 bits per heavy atom. The average molecular weight is 245 g/mol. The molecule has 1 aromatic carbocycles. The van der Waals surface area contributed by atoms with Crippen LogP contribution >= 0.6 is 0 Å². The maximum Gasteiger partial charge on any atom is 0.280 e. The molecular weight excluding hydrogens is 234 g/mol. The van der Waals surface area contributed by atoms with E-state index in [1.165, 1.54) is 13.0 Å². The predicted octanol–water partition coefficient (Wildman–Crippen LogP) is 3.37. The van der Waals surface area contributed by atoms with Gasteiger partial charge in [0.15, 0.2) is 5.78 Å². The van der Waals surface area contributed by atoms with Gasteiger partial charge < -0.3 is 4.42 Å². The van der Waals surface area contributed by atoms with Crippen LogP contribution in [-0.4, -0.2) is 10.7 Å². The quantitative estimate of drug-likeness (QED) is 0.472. The van der Waals surface area contributed by atoms with Gasteiger partial charge in [-0.25, -0.2) is 0 Å². The first kappa shape index (κ1) is 12.0. The first-order valence-corrected chi connectivity index (χ1v) is 5.36. The van der Waals surface area contributed by atoms with E-state index >= 15 is 0 Å². The third kappa shape index (κ3) is 2.02. The highest BCUT2D eigenvalue weighted by Gasteiger charge is 2.19. The first-order chi connectivity index (χ1) is 8.50. The van der Waals surface area contributed by atoms with Crippen molar-refractivity contribution in [2.24, 2.45) is 0 Å². The van der Waals surface area contributed by atoms with E-state index in [4.69, 9.17) is 4.42 Å². The van der Waals surface area contributed by atoms with Crippen LogP contribution in [0.4, 0.5) is 5.69 Å². The molecule has 0 saturated heterocycles. The summed E-state index contributed by atoms with van der Waals surface area (Å²) in [6.45, 7) is 3.09. The normalized spacial score (nSPS) is 10.3. The van der Waals surface area contributed by atoms with Gasteiger partial charge >= 0.3 is 0 Å². The fourth-order valence-corrected chi connectivity index (χ4v) is 1.81. The fraction of sp³-hybridized carbons (Fsp3) is 0.154. The SMILES string of the molecule is CC(=O)c1cc(-c2ccccc2[N+](=O)[O-])oc1C. The Morgan fingerprint density at radius 2 is 2.00 bits per heavy atom. The zero-order valence-electron chi connectivity index (χ0n) is 9.97. The Balaban J connectivity index is 2.59. The summed E-state index contributed by atoms with van der Waals surface area (Å²) in [7, 11) is 0. The number of aryl methyl sites for hydroxylation is 1. The lowest BCUT2D eigenvalue weighted by Gasteiger charge is -1.98. The molecule has 0 bridgehead atoms. The molecule has 0 aliphatic heterocycles. The second-order valence-electron chi connectivity index (χ2n) is 3.91. The van der Waals surface area contributed by atoms with Gasteiger partial charge in [-0.15, -0.1) is 0 Å². The summed E-state index contributed by atoms with van der Waals surface area (Å²) in [4.78, 5) is 21.8. The van der Waals surface area contributed by atoms with E-state index in [2.05, 4.69) is 0 Å². The lowest BCUT2D eigenvalue weighted by atomic mass is 10.1. The molecule has 0 radical (unpaired) electrons. The van der Waals surface area contributed by atoms with Gasteiger partial charge in [-0.2, -0.15) is 0 Å². The molecule has 5 nitrogen and oxygen atoms in total. The zero-order chi connectivity index (χ0) is 13.3. The number of carbonyl (C=O) groups excluding carboxylic acids is 1. The van der Waals surface area contributed by atoms with Crippen molar-refractivity contribution in [3.05, 3.63) is 51.8 Å². The van der Waals surface area contributed by atoms with Crippen LogP contribution in [0.25, 0.3) is 11.3 Å². The Labute approximate surface area is 103 Å². The molecule has 0 saturated carbocycles. The molecule has 0 fully saturated rings. The minimum atomic E-state index is -0.472. The molecule has 0 amide bonds. The second kappa shape index (κ2) is 4.44. The van der Waals surface area contributed by atoms with Crippen LogP contribution in [0, 0.1) is 17.0 Å². The van der Waals surface area contributed by atoms with Gasteiger partial charge in [0.1, 0.15) is 11.5 Å². The molecule has 0 unspecified atom stereocenters. The number of benzene rings is 1. The van der Waals surface area contributed by atoms with Crippen molar-refractivity contribution < 1.29 is 14.1 Å².